The van der Waals surface area contributed by atoms with E-state index in [2.05, 4.69) is 20.8 Å². The first-order valence-electron chi connectivity index (χ1n) is 10.4. The SMILES string of the molecule is CCCCCCC(=O)[O-].CCCCCCC(=O)[O-].CCCCCCC(=O)[O-].[Fe+3].[Fe]. The van der Waals surface area contributed by atoms with Gasteiger partial charge in [-0.15, -0.1) is 0 Å². The summed E-state index contributed by atoms with van der Waals surface area (Å²) >= 11 is 0. The Morgan fingerprint density at radius 1 is 0.483 bits per heavy atom. The van der Waals surface area contributed by atoms with Crippen LogP contribution in [-0.2, 0) is 48.5 Å². The summed E-state index contributed by atoms with van der Waals surface area (Å²) in [6.07, 6.45) is 12.9. The number of carboxylic acids is 3. The predicted molar refractivity (Wildman–Crippen MR) is 101 cm³/mol. The number of hydrogen-bond donors (Lipinski definition) is 0. The summed E-state index contributed by atoms with van der Waals surface area (Å²) in [6.45, 7) is 6.29. The molecule has 0 atom stereocenters. The van der Waals surface area contributed by atoms with Crippen molar-refractivity contribution in [2.75, 3.05) is 0 Å². The van der Waals surface area contributed by atoms with Crippen LogP contribution in [0.2, 0.25) is 0 Å². The van der Waals surface area contributed by atoms with Crippen LogP contribution >= 0.6 is 0 Å². The Bertz CT molecular complexity index is 300. The average molecular weight is 499 g/mol. The molecule has 0 heterocycles. The zero-order chi connectivity index (χ0) is 21.3. The van der Waals surface area contributed by atoms with Gasteiger partial charge in [0.05, 0.1) is 0 Å². The maximum Gasteiger partial charge on any atom is 3.00 e. The van der Waals surface area contributed by atoms with E-state index >= 15 is 0 Å². The van der Waals surface area contributed by atoms with E-state index in [1.165, 1.54) is 0 Å². The Balaban J connectivity index is -0.0000000960. The Morgan fingerprint density at radius 3 is 0.828 bits per heavy atom. The molecule has 0 aliphatic heterocycles. The minimum absolute atomic E-state index is 0. The molecule has 0 aliphatic rings. The van der Waals surface area contributed by atoms with Crippen LogP contribution in [0.3, 0.4) is 0 Å². The summed E-state index contributed by atoms with van der Waals surface area (Å²) < 4.78 is 0. The molecule has 0 amide bonds. The van der Waals surface area contributed by atoms with Gasteiger partial charge in [0, 0.05) is 35.0 Å². The van der Waals surface area contributed by atoms with Crippen LogP contribution in [0, 0.1) is 0 Å². The van der Waals surface area contributed by atoms with Crippen molar-refractivity contribution in [2.24, 2.45) is 0 Å². The smallest absolute Gasteiger partial charge is 0.550 e. The molecule has 0 saturated heterocycles. The number of unbranched alkanes of at least 4 members (excludes halogenated alkanes) is 9. The molecule has 0 aromatic rings. The van der Waals surface area contributed by atoms with Crippen molar-refractivity contribution >= 4 is 17.9 Å². The van der Waals surface area contributed by atoms with Crippen molar-refractivity contribution in [3.8, 4) is 0 Å². The summed E-state index contributed by atoms with van der Waals surface area (Å²) in [5.41, 5.74) is 0. The van der Waals surface area contributed by atoms with Crippen molar-refractivity contribution in [1.82, 2.24) is 0 Å². The molecule has 0 unspecified atom stereocenters. The molecule has 0 saturated carbocycles. The fraction of sp³-hybridized carbons (Fsp3) is 0.857. The molecule has 0 aromatic carbocycles. The standard InChI is InChI=1S/3C7H14O2.2Fe/c3*1-2-3-4-5-6-7(8)9;;/h3*2-6H2,1H3,(H,8,9);;/q;;;;+3/p-3. The summed E-state index contributed by atoms with van der Waals surface area (Å²) in [5, 5.41) is 29.6. The largest absolute Gasteiger partial charge is 3.00 e. The van der Waals surface area contributed by atoms with Gasteiger partial charge >= 0.3 is 17.1 Å². The topological polar surface area (TPSA) is 120 Å². The first kappa shape index (κ1) is 39.0. The van der Waals surface area contributed by atoms with E-state index in [1.54, 1.807) is 0 Å². The predicted octanol–water partition coefficient (Wildman–Crippen LogP) is 2.12. The molecule has 1 radical (unpaired) electrons. The summed E-state index contributed by atoms with van der Waals surface area (Å²) in [5.74, 6) is -2.77. The van der Waals surface area contributed by atoms with Crippen LogP contribution in [0.5, 0.6) is 0 Å². The van der Waals surface area contributed by atoms with Gasteiger partial charge in [-0.3, -0.25) is 0 Å². The van der Waals surface area contributed by atoms with Gasteiger partial charge in [0.25, 0.3) is 0 Å². The van der Waals surface area contributed by atoms with Crippen LogP contribution in [0.15, 0.2) is 0 Å². The molecule has 8 heteroatoms. The van der Waals surface area contributed by atoms with Crippen LogP contribution in [0.1, 0.15) is 117 Å². The van der Waals surface area contributed by atoms with Crippen LogP contribution < -0.4 is 15.3 Å². The molecular formula is C21H39Fe2O6. The molecule has 0 aromatic heterocycles. The molecule has 0 aliphatic carbocycles. The van der Waals surface area contributed by atoms with Crippen molar-refractivity contribution in [3.05, 3.63) is 0 Å². The minimum Gasteiger partial charge on any atom is -0.550 e. The van der Waals surface area contributed by atoms with Gasteiger partial charge < -0.3 is 29.7 Å². The van der Waals surface area contributed by atoms with Crippen LogP contribution in [0.4, 0.5) is 0 Å². The van der Waals surface area contributed by atoms with E-state index in [-0.39, 0.29) is 53.4 Å². The summed E-state index contributed by atoms with van der Waals surface area (Å²) in [7, 11) is 0. The van der Waals surface area contributed by atoms with E-state index < -0.39 is 17.9 Å². The van der Waals surface area contributed by atoms with Crippen molar-refractivity contribution in [2.45, 2.75) is 117 Å². The fourth-order valence-corrected chi connectivity index (χ4v) is 2.09. The number of hydrogen-bond acceptors (Lipinski definition) is 6. The van der Waals surface area contributed by atoms with E-state index in [4.69, 9.17) is 0 Å². The Morgan fingerprint density at radius 2 is 0.690 bits per heavy atom. The van der Waals surface area contributed by atoms with Crippen molar-refractivity contribution in [1.29, 1.82) is 0 Å². The molecule has 175 valence electrons. The molecule has 0 fully saturated rings. The Labute approximate surface area is 198 Å². The zero-order valence-electron chi connectivity index (χ0n) is 18.3. The Kier molecular flexibility index (Phi) is 46.9. The summed E-state index contributed by atoms with van der Waals surface area (Å²) in [4.78, 5) is 29.6. The monoisotopic (exact) mass is 499 g/mol. The van der Waals surface area contributed by atoms with Gasteiger partial charge in [-0.2, -0.15) is 0 Å². The first-order valence-corrected chi connectivity index (χ1v) is 10.4. The van der Waals surface area contributed by atoms with Gasteiger partial charge in [0.2, 0.25) is 0 Å². The van der Waals surface area contributed by atoms with Gasteiger partial charge in [-0.1, -0.05) is 78.6 Å². The molecule has 0 N–H and O–H groups in total. The molecule has 0 rings (SSSR count). The van der Waals surface area contributed by atoms with Gasteiger partial charge in [-0.25, -0.2) is 0 Å². The second-order valence-corrected chi connectivity index (χ2v) is 6.55. The zero-order valence-corrected chi connectivity index (χ0v) is 20.5. The number of carboxylic acid groups (broad SMARTS) is 3. The number of rotatable bonds is 15. The molecule has 0 bridgehead atoms. The van der Waals surface area contributed by atoms with E-state index in [9.17, 15) is 29.7 Å². The van der Waals surface area contributed by atoms with Crippen molar-refractivity contribution < 1.29 is 63.8 Å². The second kappa shape index (κ2) is 34.9. The number of aliphatic carboxylic acids is 3. The van der Waals surface area contributed by atoms with Crippen molar-refractivity contribution in [3.63, 3.8) is 0 Å². The third kappa shape index (κ3) is 58.4. The maximum absolute atomic E-state index is 9.85. The van der Waals surface area contributed by atoms with E-state index in [0.717, 1.165) is 77.0 Å². The average Bonchev–Trinajstić information content (AvgIpc) is 2.60. The molecule has 0 spiro atoms. The first-order chi connectivity index (χ1) is 12.8. The maximum atomic E-state index is 9.85. The molecule has 6 nitrogen and oxygen atoms in total. The Hall–Kier alpha value is -0.551. The summed E-state index contributed by atoms with van der Waals surface area (Å²) in [6, 6.07) is 0. The van der Waals surface area contributed by atoms with E-state index in [0.29, 0.717) is 0 Å². The normalized spacial score (nSPS) is 8.79. The molecule has 29 heavy (non-hydrogen) atoms. The fourth-order valence-electron chi connectivity index (χ4n) is 2.09. The second-order valence-electron chi connectivity index (χ2n) is 6.55. The number of carbonyl (C=O) groups excluding carboxylic acids is 3. The number of carbonyl (C=O) groups is 3. The van der Waals surface area contributed by atoms with Gasteiger partial charge in [-0.05, 0) is 38.5 Å². The third-order valence-electron chi connectivity index (χ3n) is 3.70. The van der Waals surface area contributed by atoms with Gasteiger partial charge in [0.1, 0.15) is 0 Å². The van der Waals surface area contributed by atoms with Gasteiger partial charge in [0.15, 0.2) is 0 Å². The van der Waals surface area contributed by atoms with E-state index in [1.807, 2.05) is 0 Å². The third-order valence-corrected chi connectivity index (χ3v) is 3.70. The quantitative estimate of drug-likeness (QED) is 0.252. The molecular weight excluding hydrogens is 460 g/mol. The van der Waals surface area contributed by atoms with Crippen LogP contribution in [-0.4, -0.2) is 17.9 Å². The van der Waals surface area contributed by atoms with Crippen LogP contribution in [0.25, 0.3) is 0 Å². The minimum atomic E-state index is -0.925.